The number of benzene rings is 4. The Hall–Kier alpha value is -4.57. The first-order chi connectivity index (χ1) is 28.4. The van der Waals surface area contributed by atoms with E-state index in [1.54, 1.807) is 90.3 Å². The van der Waals surface area contributed by atoms with Crippen LogP contribution >= 0.6 is 46.7 Å². The van der Waals surface area contributed by atoms with Crippen LogP contribution in [0.15, 0.2) is 84.6 Å². The standard InChI is InChI=1S/C43H40Cl2N4O8S2/c1-56-35-10-4-23(15-33(35)52)37-38(43(49-12-14-59-39(37)49)29-18-25(45)6-8-31(29)47-41(43)55)34(53)20-26(50)19-27(22-3-9-32(51)36(16-22)57-2)42(48-11-13-58-21-48)28-17-24(44)5-7-30(28)46-40(42)54/h3-10,15-18,20,27,37-39,51-53H,11-14,19,21H2,1-2H3,(H,46,54)(H,47,55)/b34-20-. The van der Waals surface area contributed by atoms with Gasteiger partial charge in [-0.1, -0.05) is 35.3 Å². The molecule has 2 amide bonds. The lowest BCUT2D eigenvalue weighted by molar-refractivity contribution is -0.130. The third kappa shape index (κ3) is 6.08. The lowest BCUT2D eigenvalue weighted by Gasteiger charge is -2.43. The molecule has 5 N–H and O–H groups in total. The summed E-state index contributed by atoms with van der Waals surface area (Å²) < 4.78 is 10.9. The highest BCUT2D eigenvalue weighted by Gasteiger charge is 2.69. The van der Waals surface area contributed by atoms with Crippen LogP contribution in [0.25, 0.3) is 0 Å². The zero-order valence-corrected chi connectivity index (χ0v) is 35.1. The molecule has 59 heavy (non-hydrogen) atoms. The molecule has 5 heterocycles. The summed E-state index contributed by atoms with van der Waals surface area (Å²) in [4.78, 5) is 48.4. The van der Waals surface area contributed by atoms with Gasteiger partial charge in [0.2, 0.25) is 11.8 Å². The van der Waals surface area contributed by atoms with Crippen LogP contribution in [0.1, 0.15) is 40.5 Å². The Labute approximate surface area is 358 Å². The first-order valence-electron chi connectivity index (χ1n) is 19.0. The van der Waals surface area contributed by atoms with E-state index in [4.69, 9.17) is 32.7 Å². The molecule has 9 rings (SSSR count). The van der Waals surface area contributed by atoms with Gasteiger partial charge in [-0.3, -0.25) is 24.2 Å². The highest BCUT2D eigenvalue weighted by atomic mass is 35.5. The SMILES string of the molecule is COc1ccc(C2C3SCCN3C3(C(=O)Nc4ccc(Cl)cc43)C2/C(O)=C/C(=O)CC(c2ccc(O)c(OC)c2)C2(N3CCSC3)C(=O)Nc3ccc(Cl)cc32)cc1O. The van der Waals surface area contributed by atoms with Gasteiger partial charge in [-0.15, -0.1) is 23.5 Å². The molecular weight excluding hydrogens is 836 g/mol. The minimum Gasteiger partial charge on any atom is -0.512 e. The van der Waals surface area contributed by atoms with Gasteiger partial charge < -0.3 is 35.4 Å². The fourth-order valence-electron chi connectivity index (χ4n) is 10.1. The Balaban J connectivity index is 1.21. The van der Waals surface area contributed by atoms with Crippen LogP contribution < -0.4 is 20.1 Å². The van der Waals surface area contributed by atoms with Crippen molar-refractivity contribution in [2.24, 2.45) is 5.92 Å². The molecule has 5 aliphatic heterocycles. The van der Waals surface area contributed by atoms with Gasteiger partial charge in [0.25, 0.3) is 0 Å². The minimum atomic E-state index is -1.48. The van der Waals surface area contributed by atoms with E-state index in [0.717, 1.165) is 5.75 Å². The molecule has 0 saturated carbocycles. The Morgan fingerprint density at radius 2 is 1.59 bits per heavy atom. The number of phenolic OH excluding ortho intramolecular Hbond substituents is 2. The maximum absolute atomic E-state index is 14.9. The van der Waals surface area contributed by atoms with Crippen molar-refractivity contribution in [3.63, 3.8) is 0 Å². The van der Waals surface area contributed by atoms with Crippen molar-refractivity contribution >= 4 is 75.7 Å². The summed E-state index contributed by atoms with van der Waals surface area (Å²) in [7, 11) is 2.88. The Kier molecular flexibility index (Phi) is 10.2. The third-order valence-corrected chi connectivity index (χ3v) is 15.2. The van der Waals surface area contributed by atoms with Crippen molar-refractivity contribution in [2.45, 2.75) is 34.7 Å². The predicted octanol–water partition coefficient (Wildman–Crippen LogP) is 7.40. The first kappa shape index (κ1) is 39.9. The van der Waals surface area contributed by atoms with Crippen LogP contribution in [0, 0.1) is 5.92 Å². The van der Waals surface area contributed by atoms with E-state index in [0.29, 0.717) is 68.4 Å². The van der Waals surface area contributed by atoms with Crippen LogP contribution in [-0.4, -0.2) is 92.8 Å². The number of halogens is 2. The lowest BCUT2D eigenvalue weighted by Crippen LogP contribution is -2.54. The molecule has 6 atom stereocenters. The van der Waals surface area contributed by atoms with Crippen LogP contribution in [0.3, 0.4) is 0 Å². The molecule has 12 nitrogen and oxygen atoms in total. The average Bonchev–Trinajstić information content (AvgIpc) is 4.05. The highest BCUT2D eigenvalue weighted by Crippen LogP contribution is 2.64. The van der Waals surface area contributed by atoms with E-state index in [-0.39, 0.29) is 52.4 Å². The maximum atomic E-state index is 14.9. The van der Waals surface area contributed by atoms with Gasteiger partial charge in [0.05, 0.1) is 25.5 Å². The monoisotopic (exact) mass is 874 g/mol. The lowest BCUT2D eigenvalue weighted by atomic mass is 9.70. The molecule has 3 saturated heterocycles. The number of aliphatic hydroxyl groups is 1. The van der Waals surface area contributed by atoms with Crippen molar-refractivity contribution < 1.29 is 39.2 Å². The number of aliphatic hydroxyl groups excluding tert-OH is 1. The molecule has 6 unspecified atom stereocenters. The summed E-state index contributed by atoms with van der Waals surface area (Å²) in [5.74, 6) is -1.89. The van der Waals surface area contributed by atoms with Crippen LogP contribution in [-0.2, 0) is 25.5 Å². The van der Waals surface area contributed by atoms with E-state index in [1.165, 1.54) is 26.4 Å². The smallest absolute Gasteiger partial charge is 0.250 e. The summed E-state index contributed by atoms with van der Waals surface area (Å²) in [6, 6.07) is 20.2. The summed E-state index contributed by atoms with van der Waals surface area (Å²) in [5, 5.41) is 40.9. The van der Waals surface area contributed by atoms with Gasteiger partial charge in [-0.05, 0) is 71.8 Å². The van der Waals surface area contributed by atoms with E-state index in [9.17, 15) is 29.7 Å². The number of ether oxygens (including phenoxy) is 2. The molecule has 306 valence electrons. The summed E-state index contributed by atoms with van der Waals surface area (Å²) >= 11 is 16.5. The number of nitrogens with zero attached hydrogens (tertiary/aromatic N) is 2. The second-order valence-corrected chi connectivity index (χ2v) is 18.4. The summed E-state index contributed by atoms with van der Waals surface area (Å²) in [6.07, 6.45) is 0.914. The zero-order valence-electron chi connectivity index (χ0n) is 31.9. The number of ketones is 1. The normalized spacial score (nSPS) is 26.7. The van der Waals surface area contributed by atoms with Crippen molar-refractivity contribution in [2.75, 3.05) is 55.3 Å². The molecule has 4 aromatic carbocycles. The third-order valence-electron chi connectivity index (χ3n) is 12.5. The second-order valence-electron chi connectivity index (χ2n) is 15.2. The van der Waals surface area contributed by atoms with Gasteiger partial charge in [0.15, 0.2) is 28.8 Å². The number of thioether (sulfide) groups is 2. The van der Waals surface area contributed by atoms with E-state index >= 15 is 0 Å². The quantitative estimate of drug-likeness (QED) is 0.0795. The fourth-order valence-corrected chi connectivity index (χ4v) is 13.0. The minimum absolute atomic E-state index is 0.106. The number of methoxy groups -OCH3 is 2. The molecule has 16 heteroatoms. The van der Waals surface area contributed by atoms with Gasteiger partial charge in [-0.25, -0.2) is 0 Å². The number of rotatable bonds is 10. The fraction of sp³-hybridized carbons (Fsp3) is 0.326. The first-order valence-corrected chi connectivity index (χ1v) is 22.0. The molecule has 5 aliphatic rings. The van der Waals surface area contributed by atoms with E-state index in [1.807, 2.05) is 0 Å². The molecule has 4 aromatic rings. The molecule has 0 bridgehead atoms. The Bertz CT molecular complexity index is 2450. The van der Waals surface area contributed by atoms with Crippen LogP contribution in [0.4, 0.5) is 11.4 Å². The Morgan fingerprint density at radius 3 is 2.29 bits per heavy atom. The van der Waals surface area contributed by atoms with E-state index in [2.05, 4.69) is 20.4 Å². The molecule has 0 aromatic heterocycles. The van der Waals surface area contributed by atoms with Gasteiger partial charge >= 0.3 is 0 Å². The van der Waals surface area contributed by atoms with Crippen LogP contribution in [0.2, 0.25) is 10.0 Å². The molecular formula is C43H40Cl2N4O8S2. The van der Waals surface area contributed by atoms with Gasteiger partial charge in [0, 0.05) is 87.4 Å². The number of fused-ring (bicyclic) bond motifs is 5. The summed E-state index contributed by atoms with van der Waals surface area (Å²) in [5.41, 5.74) is 0.584. The van der Waals surface area contributed by atoms with Crippen LogP contribution in [0.5, 0.6) is 23.0 Å². The number of carbonyl (C=O) groups excluding carboxylic acids is 3. The molecule has 1 spiro atoms. The Morgan fingerprint density at radius 1 is 0.881 bits per heavy atom. The molecule has 0 radical (unpaired) electrons. The number of hydrogen-bond donors (Lipinski definition) is 5. The van der Waals surface area contributed by atoms with Crippen molar-refractivity contribution in [3.8, 4) is 23.0 Å². The number of aromatic hydroxyl groups is 2. The van der Waals surface area contributed by atoms with Crippen molar-refractivity contribution in [1.82, 2.24) is 9.80 Å². The number of nitrogens with one attached hydrogen (secondary N) is 2. The molecule has 0 aliphatic carbocycles. The number of amides is 2. The summed E-state index contributed by atoms with van der Waals surface area (Å²) in [6.45, 7) is 1.04. The largest absolute Gasteiger partial charge is 0.512 e. The maximum Gasteiger partial charge on any atom is 0.250 e. The van der Waals surface area contributed by atoms with Gasteiger partial charge in [0.1, 0.15) is 16.8 Å². The number of allylic oxidation sites excluding steroid dienone is 1. The zero-order chi connectivity index (χ0) is 41.4. The average molecular weight is 876 g/mol. The number of hydrogen-bond acceptors (Lipinski definition) is 12. The topological polar surface area (TPSA) is 161 Å². The highest BCUT2D eigenvalue weighted by molar-refractivity contribution is 8.00. The van der Waals surface area contributed by atoms with Gasteiger partial charge in [-0.2, -0.15) is 0 Å². The number of anilines is 2. The van der Waals surface area contributed by atoms with Crippen molar-refractivity contribution in [3.05, 3.63) is 117 Å². The van der Waals surface area contributed by atoms with E-state index < -0.39 is 34.6 Å². The number of carbonyl (C=O) groups is 3. The molecule has 3 fully saturated rings. The predicted molar refractivity (Wildman–Crippen MR) is 229 cm³/mol. The van der Waals surface area contributed by atoms with Crippen molar-refractivity contribution in [1.29, 1.82) is 0 Å². The number of phenols is 2. The second kappa shape index (κ2) is 15.2.